The van der Waals surface area contributed by atoms with Gasteiger partial charge >= 0.3 is 5.97 Å². The Bertz CT molecular complexity index is 538. The summed E-state index contributed by atoms with van der Waals surface area (Å²) in [4.78, 5) is 23.5. The van der Waals surface area contributed by atoms with Gasteiger partial charge in [-0.2, -0.15) is 0 Å². The molecule has 0 saturated heterocycles. The highest BCUT2D eigenvalue weighted by Gasteiger charge is 2.24. The van der Waals surface area contributed by atoms with Gasteiger partial charge in [-0.15, -0.1) is 0 Å². The van der Waals surface area contributed by atoms with E-state index in [0.717, 1.165) is 0 Å². The molecule has 0 bridgehead atoms. The molecule has 0 aromatic heterocycles. The standard InChI is InChI=1S/C15H21BrN2O3/c1-15(2,3)7-9(8-17)13(19)18-12-5-4-10(16)6-11(12)14(20)21/h4-6,9H,7-8,17H2,1-3H3,(H,18,19)(H,20,21). The fraction of sp³-hybridized carbons (Fsp3) is 0.467. The van der Waals surface area contributed by atoms with Crippen molar-refractivity contribution < 1.29 is 14.7 Å². The van der Waals surface area contributed by atoms with Crippen LogP contribution in [0.15, 0.2) is 22.7 Å². The second kappa shape index (κ2) is 7.04. The van der Waals surface area contributed by atoms with Crippen molar-refractivity contribution in [1.29, 1.82) is 0 Å². The van der Waals surface area contributed by atoms with Gasteiger partial charge in [0.2, 0.25) is 5.91 Å². The lowest BCUT2D eigenvalue weighted by Gasteiger charge is -2.24. The van der Waals surface area contributed by atoms with Crippen molar-refractivity contribution in [2.24, 2.45) is 17.1 Å². The predicted molar refractivity (Wildman–Crippen MR) is 86.3 cm³/mol. The molecule has 0 spiro atoms. The van der Waals surface area contributed by atoms with Gasteiger partial charge in [-0.3, -0.25) is 4.79 Å². The molecule has 1 aromatic rings. The van der Waals surface area contributed by atoms with Crippen molar-refractivity contribution in [3.8, 4) is 0 Å². The Morgan fingerprint density at radius 2 is 2.00 bits per heavy atom. The second-order valence-electron chi connectivity index (χ2n) is 6.18. The normalized spacial score (nSPS) is 12.8. The number of nitrogens with one attached hydrogen (secondary N) is 1. The zero-order valence-electron chi connectivity index (χ0n) is 12.4. The fourth-order valence-corrected chi connectivity index (χ4v) is 2.42. The van der Waals surface area contributed by atoms with E-state index in [1.807, 2.05) is 20.8 Å². The summed E-state index contributed by atoms with van der Waals surface area (Å²) in [7, 11) is 0. The Morgan fingerprint density at radius 3 is 2.48 bits per heavy atom. The summed E-state index contributed by atoms with van der Waals surface area (Å²) >= 11 is 3.22. The van der Waals surface area contributed by atoms with Gasteiger partial charge in [0.1, 0.15) is 0 Å². The van der Waals surface area contributed by atoms with Crippen LogP contribution >= 0.6 is 15.9 Å². The number of carboxylic acids is 1. The monoisotopic (exact) mass is 356 g/mol. The van der Waals surface area contributed by atoms with Crippen molar-refractivity contribution in [3.05, 3.63) is 28.2 Å². The topological polar surface area (TPSA) is 92.4 Å². The summed E-state index contributed by atoms with van der Waals surface area (Å²) in [5.74, 6) is -1.70. The molecule has 1 atom stereocenters. The van der Waals surface area contributed by atoms with Crippen LogP contribution in [0.4, 0.5) is 5.69 Å². The molecule has 1 aromatic carbocycles. The molecule has 5 nitrogen and oxygen atoms in total. The van der Waals surface area contributed by atoms with E-state index in [0.29, 0.717) is 10.9 Å². The number of carbonyl (C=O) groups excluding carboxylic acids is 1. The van der Waals surface area contributed by atoms with E-state index in [1.165, 1.54) is 6.07 Å². The third-order valence-electron chi connectivity index (χ3n) is 2.98. The molecule has 0 aliphatic carbocycles. The van der Waals surface area contributed by atoms with Crippen LogP contribution in [0.1, 0.15) is 37.6 Å². The minimum Gasteiger partial charge on any atom is -0.478 e. The zero-order valence-corrected chi connectivity index (χ0v) is 14.0. The van der Waals surface area contributed by atoms with Crippen molar-refractivity contribution >= 4 is 33.5 Å². The zero-order chi connectivity index (χ0) is 16.2. The number of hydrogen-bond donors (Lipinski definition) is 3. The van der Waals surface area contributed by atoms with Crippen LogP contribution in [0.3, 0.4) is 0 Å². The number of aromatic carboxylic acids is 1. The highest BCUT2D eigenvalue weighted by Crippen LogP contribution is 2.26. The van der Waals surface area contributed by atoms with E-state index >= 15 is 0 Å². The first-order chi connectivity index (χ1) is 9.64. The molecule has 116 valence electrons. The molecule has 1 amide bonds. The molecule has 0 fully saturated rings. The fourth-order valence-electron chi connectivity index (χ4n) is 2.06. The van der Waals surface area contributed by atoms with Crippen LogP contribution in [0.25, 0.3) is 0 Å². The first kappa shape index (κ1) is 17.7. The predicted octanol–water partition coefficient (Wildman–Crippen LogP) is 3.10. The third kappa shape index (κ3) is 5.47. The van der Waals surface area contributed by atoms with Crippen LogP contribution in [0.2, 0.25) is 0 Å². The van der Waals surface area contributed by atoms with Crippen LogP contribution in [-0.4, -0.2) is 23.5 Å². The average Bonchev–Trinajstić information content (AvgIpc) is 2.36. The van der Waals surface area contributed by atoms with Crippen LogP contribution < -0.4 is 11.1 Å². The van der Waals surface area contributed by atoms with Crippen molar-refractivity contribution in [2.75, 3.05) is 11.9 Å². The first-order valence-corrected chi connectivity index (χ1v) is 7.47. The van der Waals surface area contributed by atoms with E-state index in [4.69, 9.17) is 5.73 Å². The minimum atomic E-state index is -1.09. The van der Waals surface area contributed by atoms with Gasteiger partial charge < -0.3 is 16.2 Å². The molecule has 21 heavy (non-hydrogen) atoms. The van der Waals surface area contributed by atoms with Gasteiger partial charge in [0, 0.05) is 11.0 Å². The molecule has 0 aliphatic rings. The van der Waals surface area contributed by atoms with Crippen LogP contribution in [-0.2, 0) is 4.79 Å². The molecule has 0 aliphatic heterocycles. The molecule has 0 heterocycles. The Morgan fingerprint density at radius 1 is 1.38 bits per heavy atom. The van der Waals surface area contributed by atoms with Crippen LogP contribution in [0, 0.1) is 11.3 Å². The number of rotatable bonds is 5. The Labute approximate surface area is 133 Å². The molecule has 1 rings (SSSR count). The van der Waals surface area contributed by atoms with Crippen molar-refractivity contribution in [2.45, 2.75) is 27.2 Å². The quantitative estimate of drug-likeness (QED) is 0.755. The first-order valence-electron chi connectivity index (χ1n) is 6.68. The summed E-state index contributed by atoms with van der Waals surface area (Å²) in [5.41, 5.74) is 5.97. The number of amides is 1. The summed E-state index contributed by atoms with van der Waals surface area (Å²) in [6.07, 6.45) is 0.633. The summed E-state index contributed by atoms with van der Waals surface area (Å²) in [6.45, 7) is 6.32. The molecule has 1 unspecified atom stereocenters. The smallest absolute Gasteiger partial charge is 0.337 e. The lowest BCUT2D eigenvalue weighted by molar-refractivity contribution is -0.120. The SMILES string of the molecule is CC(C)(C)CC(CN)C(=O)Nc1ccc(Br)cc1C(=O)O. The number of halogens is 1. The van der Waals surface area contributed by atoms with E-state index < -0.39 is 5.97 Å². The summed E-state index contributed by atoms with van der Waals surface area (Å²) in [6, 6.07) is 4.71. The third-order valence-corrected chi connectivity index (χ3v) is 3.48. The van der Waals surface area contributed by atoms with E-state index in [9.17, 15) is 14.7 Å². The van der Waals surface area contributed by atoms with Crippen molar-refractivity contribution in [3.63, 3.8) is 0 Å². The second-order valence-corrected chi connectivity index (χ2v) is 7.10. The summed E-state index contributed by atoms with van der Waals surface area (Å²) in [5, 5.41) is 11.9. The average molecular weight is 357 g/mol. The Hall–Kier alpha value is -1.40. The van der Waals surface area contributed by atoms with Gasteiger partial charge in [0.05, 0.1) is 17.2 Å². The molecular formula is C15H21BrN2O3. The van der Waals surface area contributed by atoms with E-state index in [2.05, 4.69) is 21.2 Å². The van der Waals surface area contributed by atoms with Gasteiger partial charge in [-0.05, 0) is 30.0 Å². The van der Waals surface area contributed by atoms with E-state index in [-0.39, 0.29) is 35.0 Å². The Kier molecular flexibility index (Phi) is 5.92. The largest absolute Gasteiger partial charge is 0.478 e. The number of carbonyl (C=O) groups is 2. The Balaban J connectivity index is 2.94. The lowest BCUT2D eigenvalue weighted by atomic mass is 9.84. The molecule has 4 N–H and O–H groups in total. The van der Waals surface area contributed by atoms with Crippen LogP contribution in [0.5, 0.6) is 0 Å². The lowest BCUT2D eigenvalue weighted by Crippen LogP contribution is -2.32. The maximum Gasteiger partial charge on any atom is 0.337 e. The number of nitrogens with two attached hydrogens (primary N) is 1. The van der Waals surface area contributed by atoms with Gasteiger partial charge in [0.15, 0.2) is 0 Å². The molecule has 0 saturated carbocycles. The number of hydrogen-bond acceptors (Lipinski definition) is 3. The van der Waals surface area contributed by atoms with Gasteiger partial charge in [-0.1, -0.05) is 36.7 Å². The molecular weight excluding hydrogens is 336 g/mol. The number of benzene rings is 1. The minimum absolute atomic E-state index is 0.0310. The number of carboxylic acid groups (broad SMARTS) is 1. The molecule has 6 heteroatoms. The van der Waals surface area contributed by atoms with E-state index in [1.54, 1.807) is 12.1 Å². The molecule has 0 radical (unpaired) electrons. The maximum absolute atomic E-state index is 12.3. The van der Waals surface area contributed by atoms with Gasteiger partial charge in [0.25, 0.3) is 0 Å². The highest BCUT2D eigenvalue weighted by molar-refractivity contribution is 9.10. The summed E-state index contributed by atoms with van der Waals surface area (Å²) < 4.78 is 0.642. The maximum atomic E-state index is 12.3. The van der Waals surface area contributed by atoms with Gasteiger partial charge in [-0.25, -0.2) is 4.79 Å². The number of anilines is 1. The van der Waals surface area contributed by atoms with Crippen molar-refractivity contribution in [1.82, 2.24) is 0 Å². The highest BCUT2D eigenvalue weighted by atomic mass is 79.9.